The summed E-state index contributed by atoms with van der Waals surface area (Å²) < 4.78 is 11.1. The van der Waals surface area contributed by atoms with E-state index in [1.807, 2.05) is 31.2 Å². The van der Waals surface area contributed by atoms with Crippen LogP contribution in [-0.4, -0.2) is 55.2 Å². The van der Waals surface area contributed by atoms with Crippen LogP contribution in [0.2, 0.25) is 0 Å². The zero-order valence-corrected chi connectivity index (χ0v) is 17.6. The maximum atomic E-state index is 13.2. The number of carbonyl (C=O) groups is 2. The summed E-state index contributed by atoms with van der Waals surface area (Å²) in [6, 6.07) is 7.64. The van der Waals surface area contributed by atoms with E-state index in [2.05, 4.69) is 15.1 Å². The van der Waals surface area contributed by atoms with Crippen molar-refractivity contribution in [3.8, 4) is 0 Å². The van der Waals surface area contributed by atoms with Crippen molar-refractivity contribution in [2.24, 2.45) is 16.0 Å². The maximum Gasteiger partial charge on any atom is 0.311 e. The zero-order valence-electron chi connectivity index (χ0n) is 16.8. The average molecular weight is 417 g/mol. The number of hydrogen-bond acceptors (Lipinski definition) is 8. The molecule has 8 nitrogen and oxygen atoms in total. The van der Waals surface area contributed by atoms with Crippen molar-refractivity contribution in [2.75, 3.05) is 31.9 Å². The number of para-hydroxylation sites is 1. The zero-order chi connectivity index (χ0) is 20.8. The van der Waals surface area contributed by atoms with E-state index in [4.69, 9.17) is 9.47 Å². The van der Waals surface area contributed by atoms with Crippen LogP contribution in [0.25, 0.3) is 10.2 Å². The summed E-state index contributed by atoms with van der Waals surface area (Å²) in [6.07, 6.45) is 0.692. The molecule has 9 heteroatoms. The maximum absolute atomic E-state index is 13.2. The van der Waals surface area contributed by atoms with Crippen LogP contribution in [0.3, 0.4) is 0 Å². The summed E-state index contributed by atoms with van der Waals surface area (Å²) in [7, 11) is 1.31. The van der Waals surface area contributed by atoms with Crippen molar-refractivity contribution in [1.82, 2.24) is 4.98 Å². The number of fused-ring (bicyclic) bond motifs is 1. The number of nitrogens with zero attached hydrogens (tertiary/aromatic N) is 4. The topological polar surface area (TPSA) is 93.5 Å². The molecule has 2 heterocycles. The number of esters is 1. The number of aromatic nitrogens is 1. The summed E-state index contributed by atoms with van der Waals surface area (Å²) in [5.41, 5.74) is 1.85. The third kappa shape index (κ3) is 4.86. The second-order valence-electron chi connectivity index (χ2n) is 6.47. The number of benzene rings is 1. The van der Waals surface area contributed by atoms with Gasteiger partial charge in [0.2, 0.25) is 5.13 Å². The van der Waals surface area contributed by atoms with E-state index in [0.717, 1.165) is 16.6 Å². The van der Waals surface area contributed by atoms with E-state index in [0.29, 0.717) is 36.3 Å². The molecule has 1 aromatic carbocycles. The number of hydrogen-bond donors (Lipinski definition) is 0. The molecule has 3 rings (SSSR count). The molecular weight excluding hydrogens is 392 g/mol. The van der Waals surface area contributed by atoms with Gasteiger partial charge in [-0.3, -0.25) is 14.6 Å². The van der Waals surface area contributed by atoms with Crippen molar-refractivity contribution < 1.29 is 19.1 Å². The number of rotatable bonds is 9. The Bertz CT molecular complexity index is 920. The first kappa shape index (κ1) is 21.1. The molecule has 0 saturated carbocycles. The molecule has 0 aliphatic carbocycles. The largest absolute Gasteiger partial charge is 0.469 e. The van der Waals surface area contributed by atoms with E-state index in [-0.39, 0.29) is 12.3 Å². The number of hydrazone groups is 1. The summed E-state index contributed by atoms with van der Waals surface area (Å²) in [5.74, 6) is -1.39. The van der Waals surface area contributed by atoms with Gasteiger partial charge >= 0.3 is 5.97 Å². The molecule has 1 aromatic heterocycles. The van der Waals surface area contributed by atoms with Crippen molar-refractivity contribution in [3.05, 3.63) is 24.3 Å². The van der Waals surface area contributed by atoms with E-state index in [1.165, 1.54) is 23.5 Å². The van der Waals surface area contributed by atoms with Gasteiger partial charge in [0.05, 0.1) is 29.5 Å². The first-order chi connectivity index (χ1) is 14.0. The number of amides is 1. The lowest BCUT2D eigenvalue weighted by Gasteiger charge is -2.12. The summed E-state index contributed by atoms with van der Waals surface area (Å²) in [4.78, 5) is 34.1. The first-order valence-corrected chi connectivity index (χ1v) is 10.3. The highest BCUT2D eigenvalue weighted by atomic mass is 32.1. The van der Waals surface area contributed by atoms with Crippen LogP contribution in [0.5, 0.6) is 0 Å². The van der Waals surface area contributed by atoms with Crippen LogP contribution >= 0.6 is 11.3 Å². The van der Waals surface area contributed by atoms with Crippen LogP contribution < -0.4 is 5.01 Å². The molecule has 1 amide bonds. The second-order valence-corrected chi connectivity index (χ2v) is 7.47. The van der Waals surface area contributed by atoms with Gasteiger partial charge < -0.3 is 9.47 Å². The summed E-state index contributed by atoms with van der Waals surface area (Å²) >= 11 is 1.38. The highest BCUT2D eigenvalue weighted by molar-refractivity contribution is 7.22. The molecule has 0 saturated heterocycles. The molecule has 1 atom stereocenters. The third-order valence-electron chi connectivity index (χ3n) is 4.46. The molecule has 29 heavy (non-hydrogen) atoms. The van der Waals surface area contributed by atoms with Crippen LogP contribution in [0.15, 0.2) is 34.4 Å². The van der Waals surface area contributed by atoms with Crippen LogP contribution in [-0.2, 0) is 19.1 Å². The quantitative estimate of drug-likeness (QED) is 0.356. The Morgan fingerprint density at radius 2 is 2.14 bits per heavy atom. The van der Waals surface area contributed by atoms with Gasteiger partial charge in [0.1, 0.15) is 5.92 Å². The summed E-state index contributed by atoms with van der Waals surface area (Å²) in [5, 5.41) is 6.19. The normalized spacial score (nSPS) is 17.1. The van der Waals surface area contributed by atoms with Crippen molar-refractivity contribution in [3.63, 3.8) is 0 Å². The van der Waals surface area contributed by atoms with E-state index in [1.54, 1.807) is 6.92 Å². The van der Waals surface area contributed by atoms with Gasteiger partial charge in [-0.1, -0.05) is 23.5 Å². The Kier molecular flexibility index (Phi) is 7.05. The van der Waals surface area contributed by atoms with Gasteiger partial charge in [0.25, 0.3) is 5.91 Å². The molecule has 0 radical (unpaired) electrons. The Hall–Kier alpha value is -2.65. The van der Waals surface area contributed by atoms with E-state index >= 15 is 0 Å². The van der Waals surface area contributed by atoms with Crippen LogP contribution in [0.4, 0.5) is 5.13 Å². The molecule has 0 spiro atoms. The third-order valence-corrected chi connectivity index (χ3v) is 5.48. The van der Waals surface area contributed by atoms with Gasteiger partial charge in [0.15, 0.2) is 0 Å². The molecule has 2 aromatic rings. The lowest BCUT2D eigenvalue weighted by molar-refractivity contribution is -0.139. The molecule has 1 aliphatic rings. The predicted molar refractivity (Wildman–Crippen MR) is 114 cm³/mol. The average Bonchev–Trinajstić information content (AvgIpc) is 3.28. The minimum Gasteiger partial charge on any atom is -0.469 e. The summed E-state index contributed by atoms with van der Waals surface area (Å²) in [6.45, 7) is 5.56. The van der Waals surface area contributed by atoms with Crippen molar-refractivity contribution in [1.29, 1.82) is 0 Å². The minimum atomic E-state index is -0.687. The van der Waals surface area contributed by atoms with Gasteiger partial charge in [0, 0.05) is 25.5 Å². The molecule has 0 fully saturated rings. The van der Waals surface area contributed by atoms with Gasteiger partial charge in [-0.25, -0.2) is 4.98 Å². The van der Waals surface area contributed by atoms with Crippen LogP contribution in [0, 0.1) is 5.92 Å². The molecule has 1 unspecified atom stereocenters. The predicted octanol–water partition coefficient (Wildman–Crippen LogP) is 3.07. The number of ether oxygens (including phenoxy) is 2. The monoisotopic (exact) mass is 416 g/mol. The molecule has 1 aliphatic heterocycles. The van der Waals surface area contributed by atoms with Gasteiger partial charge in [-0.2, -0.15) is 10.1 Å². The highest BCUT2D eigenvalue weighted by Crippen LogP contribution is 2.33. The SMILES string of the molecule is CCOCCCN=C(C)C1C(=O)N(c2nc3ccccc3s2)N=C1CC(=O)OC. The Balaban J connectivity index is 1.84. The Morgan fingerprint density at radius 3 is 2.86 bits per heavy atom. The lowest BCUT2D eigenvalue weighted by Crippen LogP contribution is -2.33. The van der Waals surface area contributed by atoms with E-state index in [9.17, 15) is 9.59 Å². The Labute approximate surface area is 173 Å². The smallest absolute Gasteiger partial charge is 0.311 e. The second kappa shape index (κ2) is 9.71. The number of thiazole rings is 1. The highest BCUT2D eigenvalue weighted by Gasteiger charge is 2.40. The number of carbonyl (C=O) groups excluding carboxylic acids is 2. The van der Waals surface area contributed by atoms with Crippen molar-refractivity contribution >= 4 is 50.0 Å². The lowest BCUT2D eigenvalue weighted by atomic mass is 9.96. The van der Waals surface area contributed by atoms with Crippen LogP contribution in [0.1, 0.15) is 26.7 Å². The number of methoxy groups -OCH3 is 1. The standard InChI is InChI=1S/C20H24N4O4S/c1-4-28-11-7-10-21-13(2)18-15(12-17(25)27-3)23-24(19(18)26)20-22-14-8-5-6-9-16(14)29-20/h5-6,8-9,18H,4,7,10-12H2,1-3H3. The number of aliphatic imine (C=N–C) groups is 1. The first-order valence-electron chi connectivity index (χ1n) is 9.47. The van der Waals surface area contributed by atoms with E-state index < -0.39 is 11.9 Å². The molecule has 154 valence electrons. The fourth-order valence-electron chi connectivity index (χ4n) is 3.02. The molecule has 0 bridgehead atoms. The minimum absolute atomic E-state index is 0.0693. The molecule has 0 N–H and O–H groups in total. The Morgan fingerprint density at radius 1 is 1.34 bits per heavy atom. The molecular formula is C20H24N4O4S. The van der Waals surface area contributed by atoms with Crippen molar-refractivity contribution in [2.45, 2.75) is 26.7 Å². The van der Waals surface area contributed by atoms with Gasteiger partial charge in [-0.15, -0.1) is 0 Å². The number of anilines is 1. The fourth-order valence-corrected chi connectivity index (χ4v) is 3.95. The fraction of sp³-hybridized carbons (Fsp3) is 0.450. The van der Waals surface area contributed by atoms with Gasteiger partial charge in [-0.05, 0) is 32.4 Å².